The Hall–Kier alpha value is -1.52. The van der Waals surface area contributed by atoms with Crippen molar-refractivity contribution in [1.29, 1.82) is 0 Å². The lowest BCUT2D eigenvalue weighted by atomic mass is 10.1. The van der Waals surface area contributed by atoms with Crippen LogP contribution in [0.25, 0.3) is 0 Å². The number of primary amides is 1. The summed E-state index contributed by atoms with van der Waals surface area (Å²) in [6.45, 7) is -0.0749. The highest BCUT2D eigenvalue weighted by molar-refractivity contribution is 5.91. The molecule has 1 amide bonds. The van der Waals surface area contributed by atoms with Gasteiger partial charge in [-0.2, -0.15) is 4.99 Å². The number of carbonyl (C=O) groups excluding carboxylic acids is 1. The van der Waals surface area contributed by atoms with E-state index in [4.69, 9.17) is 9.84 Å². The Bertz CT molecular complexity index is 493. The highest BCUT2D eigenvalue weighted by Gasteiger charge is 2.49. The third kappa shape index (κ3) is 1.83. The molecule has 3 aliphatic rings. The van der Waals surface area contributed by atoms with Crippen molar-refractivity contribution in [3.63, 3.8) is 0 Å². The SMILES string of the molecule is CN1CN([C@@H]2O[C@H](CO)[C@@H](O)[C@H]2O)C2=C1C(=O)[NH2+]C=N2. The topological polar surface area (TPSA) is 122 Å². The number of aliphatic hydroxyl groups excluding tert-OH is 3. The number of carbonyl (C=O) groups is 1. The molecule has 0 spiro atoms. The minimum atomic E-state index is -1.18. The third-order valence-corrected chi connectivity index (χ3v) is 3.71. The van der Waals surface area contributed by atoms with Crippen LogP contribution in [0.4, 0.5) is 0 Å². The van der Waals surface area contributed by atoms with Crippen LogP contribution in [0.1, 0.15) is 0 Å². The number of amides is 1. The second kappa shape index (κ2) is 4.79. The van der Waals surface area contributed by atoms with E-state index in [0.717, 1.165) is 0 Å². The van der Waals surface area contributed by atoms with Crippen LogP contribution < -0.4 is 5.32 Å². The minimum Gasteiger partial charge on any atom is -0.394 e. The zero-order chi connectivity index (χ0) is 14.4. The summed E-state index contributed by atoms with van der Waals surface area (Å²) in [6, 6.07) is 0. The number of likely N-dealkylation sites (N-methyl/N-ethyl adjacent to an activating group) is 1. The molecule has 0 saturated carbocycles. The van der Waals surface area contributed by atoms with Crippen molar-refractivity contribution in [2.45, 2.75) is 24.5 Å². The van der Waals surface area contributed by atoms with E-state index in [1.165, 1.54) is 11.7 Å². The van der Waals surface area contributed by atoms with Crippen LogP contribution >= 0.6 is 0 Å². The quantitative estimate of drug-likeness (QED) is 0.407. The van der Waals surface area contributed by atoms with Crippen molar-refractivity contribution < 1.29 is 30.2 Å². The Morgan fingerprint density at radius 3 is 2.90 bits per heavy atom. The van der Waals surface area contributed by atoms with E-state index in [2.05, 4.69) is 4.99 Å². The van der Waals surface area contributed by atoms with Gasteiger partial charge in [0.25, 0.3) is 0 Å². The maximum Gasteiger partial charge on any atom is 0.368 e. The molecule has 1 fully saturated rings. The molecule has 0 aliphatic carbocycles. The van der Waals surface area contributed by atoms with Gasteiger partial charge in [0.1, 0.15) is 18.3 Å². The standard InChI is InChI=1S/C11H16N4O5/c1-14-4-15(9-6(14)10(19)13-3-12-9)11-8(18)7(17)5(2-16)20-11/h3,5,7-8,11,16-18H,2,4H2,1H3,(H,12,13,19)/p+1/t5-,7-,8-,11-/m1/s1. The molecule has 9 heteroatoms. The highest BCUT2D eigenvalue weighted by atomic mass is 16.6. The lowest BCUT2D eigenvalue weighted by Gasteiger charge is -2.28. The molecule has 3 aliphatic heterocycles. The molecule has 0 aromatic heterocycles. The number of ether oxygens (including phenoxy) is 1. The summed E-state index contributed by atoms with van der Waals surface area (Å²) in [6.07, 6.45) is -2.65. The summed E-state index contributed by atoms with van der Waals surface area (Å²) in [5.74, 6) is 0.251. The molecule has 0 unspecified atom stereocenters. The average molecular weight is 285 g/mol. The van der Waals surface area contributed by atoms with Gasteiger partial charge in [0.05, 0.1) is 13.3 Å². The van der Waals surface area contributed by atoms with E-state index in [1.807, 2.05) is 0 Å². The molecular formula is C11H17N4O5+. The Morgan fingerprint density at radius 1 is 1.50 bits per heavy atom. The van der Waals surface area contributed by atoms with E-state index < -0.39 is 24.5 Å². The predicted octanol–water partition coefficient (Wildman–Crippen LogP) is -4.07. The number of rotatable bonds is 2. The fraction of sp³-hybridized carbons (Fsp3) is 0.636. The second-order valence-electron chi connectivity index (χ2n) is 5.02. The first kappa shape index (κ1) is 13.5. The van der Waals surface area contributed by atoms with E-state index in [-0.39, 0.29) is 12.5 Å². The summed E-state index contributed by atoms with van der Waals surface area (Å²) in [5, 5.41) is 30.3. The lowest BCUT2D eigenvalue weighted by molar-refractivity contribution is -0.441. The van der Waals surface area contributed by atoms with Crippen molar-refractivity contribution in [3.05, 3.63) is 11.5 Å². The average Bonchev–Trinajstić information content (AvgIpc) is 2.90. The van der Waals surface area contributed by atoms with Crippen LogP contribution in [0.15, 0.2) is 16.5 Å². The summed E-state index contributed by atoms with van der Waals surface area (Å²) in [5.41, 5.74) is 0.435. The zero-order valence-electron chi connectivity index (χ0n) is 10.9. The zero-order valence-corrected chi connectivity index (χ0v) is 10.9. The van der Waals surface area contributed by atoms with E-state index in [0.29, 0.717) is 18.2 Å². The van der Waals surface area contributed by atoms with Crippen molar-refractivity contribution in [2.75, 3.05) is 20.3 Å². The van der Waals surface area contributed by atoms with E-state index >= 15 is 0 Å². The van der Waals surface area contributed by atoms with Gasteiger partial charge < -0.3 is 29.9 Å². The molecular weight excluding hydrogens is 268 g/mol. The van der Waals surface area contributed by atoms with Crippen LogP contribution in [0, 0.1) is 0 Å². The van der Waals surface area contributed by atoms with Gasteiger partial charge in [-0.1, -0.05) is 0 Å². The van der Waals surface area contributed by atoms with Gasteiger partial charge in [-0.15, -0.1) is 0 Å². The monoisotopic (exact) mass is 285 g/mol. The summed E-state index contributed by atoms with van der Waals surface area (Å²) >= 11 is 0. The van der Waals surface area contributed by atoms with Gasteiger partial charge in [-0.3, -0.25) is 0 Å². The van der Waals surface area contributed by atoms with E-state index in [9.17, 15) is 15.0 Å². The van der Waals surface area contributed by atoms with Crippen molar-refractivity contribution in [1.82, 2.24) is 9.80 Å². The molecule has 0 radical (unpaired) electrons. The molecule has 9 nitrogen and oxygen atoms in total. The molecule has 3 rings (SSSR count). The lowest BCUT2D eigenvalue weighted by Crippen LogP contribution is -2.88. The summed E-state index contributed by atoms with van der Waals surface area (Å²) in [7, 11) is 1.74. The maximum atomic E-state index is 11.8. The smallest absolute Gasteiger partial charge is 0.368 e. The van der Waals surface area contributed by atoms with Crippen molar-refractivity contribution in [2.24, 2.45) is 4.99 Å². The van der Waals surface area contributed by atoms with Crippen molar-refractivity contribution in [3.8, 4) is 0 Å². The number of quaternary nitrogens is 1. The Labute approximate surface area is 114 Å². The first-order valence-corrected chi connectivity index (χ1v) is 6.31. The Kier molecular flexibility index (Phi) is 3.22. The van der Waals surface area contributed by atoms with Gasteiger partial charge >= 0.3 is 5.91 Å². The van der Waals surface area contributed by atoms with E-state index in [1.54, 1.807) is 16.8 Å². The van der Waals surface area contributed by atoms with Crippen molar-refractivity contribution >= 4 is 12.2 Å². The largest absolute Gasteiger partial charge is 0.394 e. The fourth-order valence-corrected chi connectivity index (χ4v) is 2.70. The number of aliphatic hydroxyl groups is 3. The Morgan fingerprint density at radius 2 is 2.25 bits per heavy atom. The van der Waals surface area contributed by atoms with Crippen LogP contribution in [0.5, 0.6) is 0 Å². The van der Waals surface area contributed by atoms with Crippen LogP contribution in [0.3, 0.4) is 0 Å². The van der Waals surface area contributed by atoms with Crippen LogP contribution in [-0.2, 0) is 9.53 Å². The minimum absolute atomic E-state index is 0.160. The number of aliphatic imine (C=N–C) groups is 1. The molecule has 0 aromatic rings. The number of nitrogens with two attached hydrogens (primary N) is 1. The van der Waals surface area contributed by atoms with Gasteiger partial charge in [0.2, 0.25) is 0 Å². The van der Waals surface area contributed by atoms with Crippen LogP contribution in [0.2, 0.25) is 0 Å². The molecule has 20 heavy (non-hydrogen) atoms. The molecule has 110 valence electrons. The number of hydrogen-bond donors (Lipinski definition) is 4. The first-order valence-electron chi connectivity index (χ1n) is 6.31. The molecule has 4 atom stereocenters. The molecule has 3 heterocycles. The molecule has 5 N–H and O–H groups in total. The fourth-order valence-electron chi connectivity index (χ4n) is 2.70. The molecule has 1 saturated heterocycles. The predicted molar refractivity (Wildman–Crippen MR) is 64.7 cm³/mol. The van der Waals surface area contributed by atoms with Gasteiger partial charge in [0, 0.05) is 7.05 Å². The summed E-state index contributed by atoms with van der Waals surface area (Å²) < 4.78 is 5.47. The van der Waals surface area contributed by atoms with Gasteiger partial charge in [0.15, 0.2) is 24.1 Å². The first-order chi connectivity index (χ1) is 9.54. The molecule has 0 bridgehead atoms. The van der Waals surface area contributed by atoms with Gasteiger partial charge in [-0.25, -0.2) is 10.1 Å². The Balaban J connectivity index is 1.89. The molecule has 0 aromatic carbocycles. The van der Waals surface area contributed by atoms with Gasteiger partial charge in [-0.05, 0) is 0 Å². The second-order valence-corrected chi connectivity index (χ2v) is 5.02. The number of hydrogen-bond acceptors (Lipinski definition) is 8. The normalized spacial score (nSPS) is 37.1. The number of nitrogens with zero attached hydrogens (tertiary/aromatic N) is 3. The van der Waals surface area contributed by atoms with Crippen LogP contribution in [-0.4, -0.2) is 82.2 Å². The highest BCUT2D eigenvalue weighted by Crippen LogP contribution is 2.32. The third-order valence-electron chi connectivity index (χ3n) is 3.71. The maximum absolute atomic E-state index is 11.8. The summed E-state index contributed by atoms with van der Waals surface area (Å²) in [4.78, 5) is 19.3.